The van der Waals surface area contributed by atoms with Gasteiger partial charge in [-0.05, 0) is 27.7 Å². The van der Waals surface area contributed by atoms with Crippen molar-refractivity contribution in [2.24, 2.45) is 0 Å². The van der Waals surface area contributed by atoms with Crippen LogP contribution in [0.4, 0.5) is 19.0 Å². The first-order valence-electron chi connectivity index (χ1n) is 5.46. The summed E-state index contributed by atoms with van der Waals surface area (Å²) in [5, 5.41) is -0.00366. The van der Waals surface area contributed by atoms with Gasteiger partial charge < -0.3 is 4.90 Å². The minimum absolute atomic E-state index is 0.00366. The molecule has 7 heteroatoms. The highest BCUT2D eigenvalue weighted by molar-refractivity contribution is 6.31. The SMILES string of the molecule is Cc1nc(Cl)c(N(CC(F)(F)F)C(C)C)nc1C. The van der Waals surface area contributed by atoms with Crippen LogP contribution >= 0.6 is 11.6 Å². The van der Waals surface area contributed by atoms with Gasteiger partial charge in [-0.1, -0.05) is 11.6 Å². The normalized spacial score (nSPS) is 12.1. The summed E-state index contributed by atoms with van der Waals surface area (Å²) in [4.78, 5) is 9.21. The highest BCUT2D eigenvalue weighted by Gasteiger charge is 2.33. The Balaban J connectivity index is 3.18. The van der Waals surface area contributed by atoms with Gasteiger partial charge in [-0.15, -0.1) is 0 Å². The van der Waals surface area contributed by atoms with Gasteiger partial charge in [0.15, 0.2) is 11.0 Å². The van der Waals surface area contributed by atoms with E-state index in [0.29, 0.717) is 11.4 Å². The third-order valence-electron chi connectivity index (χ3n) is 2.49. The number of rotatable bonds is 3. The highest BCUT2D eigenvalue weighted by atomic mass is 35.5. The Labute approximate surface area is 109 Å². The second-order valence-corrected chi connectivity index (χ2v) is 4.70. The number of nitrogens with zero attached hydrogens (tertiary/aromatic N) is 3. The van der Waals surface area contributed by atoms with Crippen LogP contribution in [0.5, 0.6) is 0 Å². The van der Waals surface area contributed by atoms with Crippen LogP contribution in [0.25, 0.3) is 0 Å². The molecular weight excluding hydrogens is 267 g/mol. The Bertz CT molecular complexity index is 432. The van der Waals surface area contributed by atoms with Crippen LogP contribution in [0.15, 0.2) is 0 Å². The van der Waals surface area contributed by atoms with Crippen molar-refractivity contribution >= 4 is 17.4 Å². The summed E-state index contributed by atoms with van der Waals surface area (Å²) in [5.41, 5.74) is 1.18. The van der Waals surface area contributed by atoms with Crippen LogP contribution < -0.4 is 4.90 Å². The molecule has 1 aromatic heterocycles. The predicted molar refractivity (Wildman–Crippen MR) is 65.1 cm³/mol. The van der Waals surface area contributed by atoms with E-state index in [2.05, 4.69) is 9.97 Å². The van der Waals surface area contributed by atoms with E-state index < -0.39 is 12.7 Å². The predicted octanol–water partition coefficient (Wildman–Crippen LogP) is 3.52. The number of aryl methyl sites for hydroxylation is 2. The molecule has 0 aromatic carbocycles. The molecule has 1 aromatic rings. The highest BCUT2D eigenvalue weighted by Crippen LogP contribution is 2.28. The Morgan fingerprint density at radius 3 is 2.11 bits per heavy atom. The number of anilines is 1. The van der Waals surface area contributed by atoms with Gasteiger partial charge in [-0.2, -0.15) is 13.2 Å². The molecule has 18 heavy (non-hydrogen) atoms. The molecule has 0 saturated heterocycles. The van der Waals surface area contributed by atoms with Gasteiger partial charge >= 0.3 is 6.18 Å². The largest absolute Gasteiger partial charge is 0.405 e. The van der Waals surface area contributed by atoms with E-state index in [9.17, 15) is 13.2 Å². The number of hydrogen-bond acceptors (Lipinski definition) is 3. The fourth-order valence-corrected chi connectivity index (χ4v) is 1.72. The topological polar surface area (TPSA) is 29.0 Å². The van der Waals surface area contributed by atoms with Crippen molar-refractivity contribution in [1.29, 1.82) is 0 Å². The summed E-state index contributed by atoms with van der Waals surface area (Å²) in [6.45, 7) is 5.61. The molecule has 0 saturated carbocycles. The summed E-state index contributed by atoms with van der Waals surface area (Å²) in [7, 11) is 0. The minimum Gasteiger partial charge on any atom is -0.343 e. The molecule has 1 rings (SSSR count). The first-order chi connectivity index (χ1) is 8.11. The second kappa shape index (κ2) is 5.30. The quantitative estimate of drug-likeness (QED) is 0.849. The zero-order valence-corrected chi connectivity index (χ0v) is 11.4. The van der Waals surface area contributed by atoms with E-state index in [1.165, 1.54) is 0 Å². The summed E-state index contributed by atoms with van der Waals surface area (Å²) < 4.78 is 37.6. The fourth-order valence-electron chi connectivity index (χ4n) is 1.44. The average molecular weight is 282 g/mol. The Morgan fingerprint density at radius 1 is 1.17 bits per heavy atom. The first kappa shape index (κ1) is 15.0. The molecule has 0 aliphatic rings. The lowest BCUT2D eigenvalue weighted by Gasteiger charge is -2.29. The van der Waals surface area contributed by atoms with Gasteiger partial charge in [0.05, 0.1) is 11.4 Å². The maximum Gasteiger partial charge on any atom is 0.405 e. The fraction of sp³-hybridized carbons (Fsp3) is 0.636. The van der Waals surface area contributed by atoms with Gasteiger partial charge in [-0.25, -0.2) is 9.97 Å². The van der Waals surface area contributed by atoms with Crippen molar-refractivity contribution in [2.45, 2.75) is 39.9 Å². The molecule has 3 nitrogen and oxygen atoms in total. The minimum atomic E-state index is -4.31. The van der Waals surface area contributed by atoms with Gasteiger partial charge in [0.2, 0.25) is 0 Å². The molecule has 0 aliphatic carbocycles. The monoisotopic (exact) mass is 281 g/mol. The zero-order chi connectivity index (χ0) is 14.1. The Morgan fingerprint density at radius 2 is 1.67 bits per heavy atom. The van der Waals surface area contributed by atoms with Crippen LogP contribution in [0.1, 0.15) is 25.2 Å². The second-order valence-electron chi connectivity index (χ2n) is 4.35. The lowest BCUT2D eigenvalue weighted by Crippen LogP contribution is -2.40. The molecule has 0 amide bonds. The lowest BCUT2D eigenvalue weighted by atomic mass is 10.3. The van der Waals surface area contributed by atoms with E-state index in [1.54, 1.807) is 27.7 Å². The molecule has 0 unspecified atom stereocenters. The molecule has 0 N–H and O–H groups in total. The van der Waals surface area contributed by atoms with Gasteiger partial charge in [0, 0.05) is 6.04 Å². The van der Waals surface area contributed by atoms with Crippen molar-refractivity contribution in [3.05, 3.63) is 16.5 Å². The summed E-state index contributed by atoms with van der Waals surface area (Å²) >= 11 is 5.89. The smallest absolute Gasteiger partial charge is 0.343 e. The standard InChI is InChI=1S/C11H15ClF3N3/c1-6(2)18(5-11(13,14)15)10-9(12)16-7(3)8(4)17-10/h6H,5H2,1-4H3. The van der Waals surface area contributed by atoms with Crippen LogP contribution in [0.2, 0.25) is 5.15 Å². The van der Waals surface area contributed by atoms with Crippen LogP contribution in [0.3, 0.4) is 0 Å². The summed E-state index contributed by atoms with van der Waals surface area (Å²) in [6.07, 6.45) is -4.31. The van der Waals surface area contributed by atoms with Gasteiger partial charge in [-0.3, -0.25) is 0 Å². The van der Waals surface area contributed by atoms with Crippen LogP contribution in [0, 0.1) is 13.8 Å². The Hall–Kier alpha value is -1.04. The molecule has 0 radical (unpaired) electrons. The van der Waals surface area contributed by atoms with Crippen molar-refractivity contribution in [3.8, 4) is 0 Å². The number of halogens is 4. The molecule has 0 aliphatic heterocycles. The van der Waals surface area contributed by atoms with Gasteiger partial charge in [0.25, 0.3) is 0 Å². The van der Waals surface area contributed by atoms with E-state index in [0.717, 1.165) is 4.90 Å². The van der Waals surface area contributed by atoms with E-state index in [1.807, 2.05) is 0 Å². The zero-order valence-electron chi connectivity index (χ0n) is 10.6. The van der Waals surface area contributed by atoms with E-state index in [-0.39, 0.29) is 17.0 Å². The van der Waals surface area contributed by atoms with Crippen LogP contribution in [-0.4, -0.2) is 28.7 Å². The lowest BCUT2D eigenvalue weighted by molar-refractivity contribution is -0.120. The van der Waals surface area contributed by atoms with Gasteiger partial charge in [0.1, 0.15) is 6.54 Å². The molecule has 102 valence electrons. The third-order valence-corrected chi connectivity index (χ3v) is 2.75. The van der Waals surface area contributed by atoms with Crippen molar-refractivity contribution < 1.29 is 13.2 Å². The van der Waals surface area contributed by atoms with Crippen molar-refractivity contribution in [1.82, 2.24) is 9.97 Å². The van der Waals surface area contributed by atoms with Crippen LogP contribution in [-0.2, 0) is 0 Å². The average Bonchev–Trinajstić information content (AvgIpc) is 2.19. The molecule has 0 bridgehead atoms. The molecule has 0 atom stereocenters. The number of aromatic nitrogens is 2. The maximum absolute atomic E-state index is 12.5. The first-order valence-corrected chi connectivity index (χ1v) is 5.83. The van der Waals surface area contributed by atoms with Crippen molar-refractivity contribution in [3.63, 3.8) is 0 Å². The van der Waals surface area contributed by atoms with E-state index >= 15 is 0 Å². The maximum atomic E-state index is 12.5. The third kappa shape index (κ3) is 3.73. The molecule has 0 fully saturated rings. The molecular formula is C11H15ClF3N3. The summed E-state index contributed by atoms with van der Waals surface area (Å²) in [5.74, 6) is 0.0760. The molecule has 0 spiro atoms. The van der Waals surface area contributed by atoms with Crippen molar-refractivity contribution in [2.75, 3.05) is 11.4 Å². The number of hydrogen-bond donors (Lipinski definition) is 0. The number of alkyl halides is 3. The van der Waals surface area contributed by atoms with E-state index in [4.69, 9.17) is 11.6 Å². The summed E-state index contributed by atoms with van der Waals surface area (Å²) in [6, 6.07) is -0.375. The Kier molecular flexibility index (Phi) is 4.42. The molecule has 1 heterocycles.